The molecular formula is C20H19BrN2O2. The first-order valence-corrected chi connectivity index (χ1v) is 9.32. The Bertz CT molecular complexity index is 824. The van der Waals surface area contributed by atoms with Crippen molar-refractivity contribution in [1.29, 1.82) is 0 Å². The van der Waals surface area contributed by atoms with Gasteiger partial charge in [-0.2, -0.15) is 0 Å². The van der Waals surface area contributed by atoms with Crippen molar-refractivity contribution in [3.63, 3.8) is 0 Å². The minimum absolute atomic E-state index is 0.131. The molecule has 0 radical (unpaired) electrons. The van der Waals surface area contributed by atoms with Gasteiger partial charge in [0.15, 0.2) is 5.78 Å². The van der Waals surface area contributed by atoms with Crippen LogP contribution in [-0.2, 0) is 11.2 Å². The standard InChI is InChI=1S/C20H19BrN2O2/c21-17-4-5-18-15(12-17)2-3-16(20(18)24)11-14-1-6-19(22-13-14)23-7-9-25-10-8-23/h1,4-6,11-13H,2-3,7-10H2/b16-11+. The average Bonchev–Trinajstić information content (AvgIpc) is 2.65. The third-order valence-electron chi connectivity index (χ3n) is 4.71. The van der Waals surface area contributed by atoms with E-state index in [1.54, 1.807) is 0 Å². The second-order valence-corrected chi connectivity index (χ2v) is 7.26. The van der Waals surface area contributed by atoms with Gasteiger partial charge in [0.1, 0.15) is 5.82 Å². The molecule has 2 aliphatic rings. The molecule has 4 rings (SSSR count). The number of aryl methyl sites for hydroxylation is 1. The number of hydrogen-bond acceptors (Lipinski definition) is 4. The molecule has 0 saturated carbocycles. The molecular weight excluding hydrogens is 380 g/mol. The predicted octanol–water partition coefficient (Wildman–Crippen LogP) is 3.89. The Labute approximate surface area is 155 Å². The zero-order chi connectivity index (χ0) is 17.2. The highest BCUT2D eigenvalue weighted by Gasteiger charge is 2.22. The number of hydrogen-bond donors (Lipinski definition) is 0. The Balaban J connectivity index is 1.54. The van der Waals surface area contributed by atoms with E-state index in [1.807, 2.05) is 42.6 Å². The predicted molar refractivity (Wildman–Crippen MR) is 102 cm³/mol. The van der Waals surface area contributed by atoms with E-state index in [0.29, 0.717) is 0 Å². The van der Waals surface area contributed by atoms with Crippen molar-refractivity contribution in [2.45, 2.75) is 12.8 Å². The first kappa shape index (κ1) is 16.5. The smallest absolute Gasteiger partial charge is 0.189 e. The third-order valence-corrected chi connectivity index (χ3v) is 5.21. The Morgan fingerprint density at radius 2 is 1.96 bits per heavy atom. The van der Waals surface area contributed by atoms with Crippen molar-refractivity contribution in [3.8, 4) is 0 Å². The molecule has 5 heteroatoms. The number of ketones is 1. The fourth-order valence-electron chi connectivity index (χ4n) is 3.35. The molecule has 1 aliphatic heterocycles. The molecule has 25 heavy (non-hydrogen) atoms. The molecule has 0 amide bonds. The summed E-state index contributed by atoms with van der Waals surface area (Å²) >= 11 is 3.47. The molecule has 1 aromatic carbocycles. The highest BCUT2D eigenvalue weighted by atomic mass is 79.9. The molecule has 0 N–H and O–H groups in total. The molecule has 128 valence electrons. The number of allylic oxidation sites excluding steroid dienone is 1. The minimum atomic E-state index is 0.131. The number of nitrogens with zero attached hydrogens (tertiary/aromatic N) is 2. The number of Topliss-reactive ketones (excluding diaryl/α,β-unsaturated/α-hetero) is 1. The number of carbonyl (C=O) groups is 1. The summed E-state index contributed by atoms with van der Waals surface area (Å²) in [6.45, 7) is 3.24. The first-order valence-electron chi connectivity index (χ1n) is 8.53. The van der Waals surface area contributed by atoms with Crippen LogP contribution in [0.2, 0.25) is 0 Å². The lowest BCUT2D eigenvalue weighted by Crippen LogP contribution is -2.36. The number of fused-ring (bicyclic) bond motifs is 1. The monoisotopic (exact) mass is 398 g/mol. The number of benzene rings is 1. The van der Waals surface area contributed by atoms with Crippen LogP contribution in [0, 0.1) is 0 Å². The van der Waals surface area contributed by atoms with E-state index in [4.69, 9.17) is 4.74 Å². The Morgan fingerprint density at radius 1 is 1.12 bits per heavy atom. The van der Waals surface area contributed by atoms with Gasteiger partial charge in [0.25, 0.3) is 0 Å². The molecule has 4 nitrogen and oxygen atoms in total. The van der Waals surface area contributed by atoms with Gasteiger partial charge in [-0.1, -0.05) is 15.9 Å². The highest BCUT2D eigenvalue weighted by Crippen LogP contribution is 2.29. The molecule has 2 aromatic rings. The number of ether oxygens (including phenoxy) is 1. The van der Waals surface area contributed by atoms with Crippen LogP contribution in [0.1, 0.15) is 27.9 Å². The summed E-state index contributed by atoms with van der Waals surface area (Å²) in [6.07, 6.45) is 5.49. The largest absolute Gasteiger partial charge is 0.378 e. The molecule has 2 heterocycles. The van der Waals surface area contributed by atoms with Gasteiger partial charge in [-0.25, -0.2) is 4.98 Å². The Hall–Kier alpha value is -1.98. The number of morpholine rings is 1. The van der Waals surface area contributed by atoms with Crippen molar-refractivity contribution in [3.05, 3.63) is 63.3 Å². The summed E-state index contributed by atoms with van der Waals surface area (Å²) in [6, 6.07) is 9.95. The second-order valence-electron chi connectivity index (χ2n) is 6.35. The topological polar surface area (TPSA) is 42.4 Å². The minimum Gasteiger partial charge on any atom is -0.378 e. The van der Waals surface area contributed by atoms with Crippen LogP contribution in [-0.4, -0.2) is 37.1 Å². The molecule has 0 bridgehead atoms. The number of carbonyl (C=O) groups excluding carboxylic acids is 1. The molecule has 1 aromatic heterocycles. The number of pyridine rings is 1. The normalized spacial score (nSPS) is 19.2. The van der Waals surface area contributed by atoms with Gasteiger partial charge in [0, 0.05) is 34.9 Å². The van der Waals surface area contributed by atoms with Crippen molar-refractivity contribution < 1.29 is 9.53 Å². The number of rotatable bonds is 2. The van der Waals surface area contributed by atoms with E-state index in [9.17, 15) is 4.79 Å². The van der Waals surface area contributed by atoms with E-state index in [0.717, 1.165) is 71.7 Å². The maximum Gasteiger partial charge on any atom is 0.189 e. The van der Waals surface area contributed by atoms with E-state index in [1.165, 1.54) is 0 Å². The van der Waals surface area contributed by atoms with Crippen molar-refractivity contribution >= 4 is 33.6 Å². The summed E-state index contributed by atoms with van der Waals surface area (Å²) in [5, 5.41) is 0. The summed E-state index contributed by atoms with van der Waals surface area (Å²) < 4.78 is 6.40. The maximum atomic E-state index is 12.7. The van der Waals surface area contributed by atoms with E-state index in [-0.39, 0.29) is 5.78 Å². The molecule has 0 unspecified atom stereocenters. The zero-order valence-electron chi connectivity index (χ0n) is 13.9. The molecule has 1 saturated heterocycles. The maximum absolute atomic E-state index is 12.7. The summed E-state index contributed by atoms with van der Waals surface area (Å²) in [4.78, 5) is 19.5. The quantitative estimate of drug-likeness (QED) is 0.719. The molecule has 1 fully saturated rings. The lowest BCUT2D eigenvalue weighted by molar-refractivity contribution is 0.102. The van der Waals surface area contributed by atoms with Gasteiger partial charge in [0.2, 0.25) is 0 Å². The van der Waals surface area contributed by atoms with Crippen molar-refractivity contribution in [1.82, 2.24) is 4.98 Å². The van der Waals surface area contributed by atoms with E-state index >= 15 is 0 Å². The summed E-state index contributed by atoms with van der Waals surface area (Å²) in [5.41, 5.74) is 3.77. The Kier molecular flexibility index (Phi) is 4.68. The number of halogens is 1. The lowest BCUT2D eigenvalue weighted by Gasteiger charge is -2.27. The SMILES string of the molecule is O=C1/C(=C/c2ccc(N3CCOCC3)nc2)CCc2cc(Br)ccc21. The summed E-state index contributed by atoms with van der Waals surface area (Å²) in [5.74, 6) is 1.10. The number of anilines is 1. The van der Waals surface area contributed by atoms with Gasteiger partial charge in [0.05, 0.1) is 13.2 Å². The van der Waals surface area contributed by atoms with Gasteiger partial charge in [-0.15, -0.1) is 0 Å². The van der Waals surface area contributed by atoms with E-state index in [2.05, 4.69) is 25.8 Å². The molecule has 0 spiro atoms. The van der Waals surface area contributed by atoms with Crippen LogP contribution in [0.4, 0.5) is 5.82 Å². The van der Waals surface area contributed by atoms with Crippen LogP contribution < -0.4 is 4.90 Å². The summed E-state index contributed by atoms with van der Waals surface area (Å²) in [7, 11) is 0. The van der Waals surface area contributed by atoms with Crippen LogP contribution in [0.3, 0.4) is 0 Å². The van der Waals surface area contributed by atoms with Gasteiger partial charge >= 0.3 is 0 Å². The van der Waals surface area contributed by atoms with Gasteiger partial charge < -0.3 is 9.64 Å². The van der Waals surface area contributed by atoms with Crippen molar-refractivity contribution in [2.24, 2.45) is 0 Å². The Morgan fingerprint density at radius 3 is 2.72 bits per heavy atom. The molecule has 0 atom stereocenters. The fraction of sp³-hybridized carbons (Fsp3) is 0.300. The average molecular weight is 399 g/mol. The van der Waals surface area contributed by atoms with Gasteiger partial charge in [-0.3, -0.25) is 4.79 Å². The van der Waals surface area contributed by atoms with Crippen LogP contribution in [0.5, 0.6) is 0 Å². The third kappa shape index (κ3) is 3.53. The van der Waals surface area contributed by atoms with E-state index < -0.39 is 0 Å². The van der Waals surface area contributed by atoms with Gasteiger partial charge in [-0.05, 0) is 60.4 Å². The zero-order valence-corrected chi connectivity index (χ0v) is 15.5. The molecule has 1 aliphatic carbocycles. The van der Waals surface area contributed by atoms with Crippen molar-refractivity contribution in [2.75, 3.05) is 31.2 Å². The van der Waals surface area contributed by atoms with Crippen LogP contribution >= 0.6 is 15.9 Å². The number of aromatic nitrogens is 1. The van der Waals surface area contributed by atoms with Crippen LogP contribution in [0.25, 0.3) is 6.08 Å². The fourth-order valence-corrected chi connectivity index (χ4v) is 3.76. The lowest BCUT2D eigenvalue weighted by atomic mass is 9.86. The second kappa shape index (κ2) is 7.10. The first-order chi connectivity index (χ1) is 12.2. The van der Waals surface area contributed by atoms with Crippen LogP contribution in [0.15, 0.2) is 46.6 Å². The highest BCUT2D eigenvalue weighted by molar-refractivity contribution is 9.10.